The molecule has 0 unspecified atom stereocenters. The Morgan fingerprint density at radius 2 is 2.04 bits per heavy atom. The largest absolute Gasteiger partial charge is 0.338 e. The Morgan fingerprint density at radius 3 is 2.96 bits per heavy atom. The number of rotatable bonds is 2. The molecule has 1 aromatic heterocycles. The third kappa shape index (κ3) is 2.67. The van der Waals surface area contributed by atoms with E-state index in [-0.39, 0.29) is 18.1 Å². The number of para-hydroxylation sites is 2. The molecule has 1 N–H and O–H groups in total. The van der Waals surface area contributed by atoms with Crippen LogP contribution in [0.1, 0.15) is 19.3 Å². The van der Waals surface area contributed by atoms with Crippen LogP contribution in [-0.4, -0.2) is 57.5 Å². The highest BCUT2D eigenvalue weighted by Crippen LogP contribution is 2.21. The predicted octanol–water partition coefficient (Wildman–Crippen LogP) is 1.03. The summed E-state index contributed by atoms with van der Waals surface area (Å²) in [5.74, 6) is 0.0436. The maximum absolute atomic E-state index is 12.7. The van der Waals surface area contributed by atoms with Crippen LogP contribution in [-0.2, 0) is 11.3 Å². The van der Waals surface area contributed by atoms with Crippen LogP contribution in [0, 0.1) is 0 Å². The minimum Gasteiger partial charge on any atom is -0.338 e. The van der Waals surface area contributed by atoms with Crippen LogP contribution in [0.15, 0.2) is 29.1 Å². The van der Waals surface area contributed by atoms with Crippen molar-refractivity contribution in [2.45, 2.75) is 31.8 Å². The fraction of sp³-hybridized carbons (Fsp3) is 0.529. The van der Waals surface area contributed by atoms with Crippen molar-refractivity contribution in [3.63, 3.8) is 0 Å². The van der Waals surface area contributed by atoms with E-state index in [1.54, 1.807) is 4.57 Å². The lowest BCUT2D eigenvalue weighted by Crippen LogP contribution is -2.56. The van der Waals surface area contributed by atoms with Gasteiger partial charge in [-0.3, -0.25) is 14.3 Å². The topological polar surface area (TPSA) is 61.3 Å². The number of aromatic nitrogens is 2. The molecular weight excluding hydrogens is 292 g/mol. The number of piperazine rings is 1. The smallest absolute Gasteiger partial charge is 0.326 e. The Labute approximate surface area is 134 Å². The summed E-state index contributed by atoms with van der Waals surface area (Å²) in [6.07, 6.45) is 3.71. The molecule has 0 radical (unpaired) electrons. The molecule has 6 heteroatoms. The molecule has 3 heterocycles. The number of nitrogens with zero attached hydrogens (tertiary/aromatic N) is 3. The minimum absolute atomic E-state index is 0.0436. The van der Waals surface area contributed by atoms with E-state index in [2.05, 4.69) is 9.88 Å². The van der Waals surface area contributed by atoms with Gasteiger partial charge in [0.1, 0.15) is 6.54 Å². The number of carbonyl (C=O) groups is 1. The number of nitrogens with one attached hydrogen (secondary N) is 1. The van der Waals surface area contributed by atoms with E-state index in [9.17, 15) is 9.59 Å². The van der Waals surface area contributed by atoms with Crippen LogP contribution in [0.3, 0.4) is 0 Å². The van der Waals surface area contributed by atoms with Crippen molar-refractivity contribution < 1.29 is 4.79 Å². The summed E-state index contributed by atoms with van der Waals surface area (Å²) >= 11 is 0. The first kappa shape index (κ1) is 14.5. The third-order valence-electron chi connectivity index (χ3n) is 5.17. The first-order chi connectivity index (χ1) is 11.2. The van der Waals surface area contributed by atoms with Crippen molar-refractivity contribution >= 4 is 16.9 Å². The molecule has 0 bridgehead atoms. The van der Waals surface area contributed by atoms with E-state index in [4.69, 9.17) is 0 Å². The van der Waals surface area contributed by atoms with Gasteiger partial charge in [0.2, 0.25) is 5.91 Å². The highest BCUT2D eigenvalue weighted by molar-refractivity contribution is 5.80. The average molecular weight is 314 g/mol. The standard InChI is InChI=1S/C17H22N4O2/c22-16(20-10-9-19-8-4-3-5-13(19)11-20)12-21-15-7-2-1-6-14(15)18-17(21)23/h1-2,6-7,13H,3-5,8-12H2,(H,18,23)/t13-/m0/s1. The number of piperidine rings is 1. The molecule has 6 nitrogen and oxygen atoms in total. The molecule has 1 amide bonds. The van der Waals surface area contributed by atoms with E-state index in [1.807, 2.05) is 29.2 Å². The lowest BCUT2D eigenvalue weighted by molar-refractivity contribution is -0.135. The lowest BCUT2D eigenvalue weighted by atomic mass is 9.99. The van der Waals surface area contributed by atoms with Crippen LogP contribution >= 0.6 is 0 Å². The fourth-order valence-electron chi connectivity index (χ4n) is 3.88. The van der Waals surface area contributed by atoms with Gasteiger partial charge in [0.25, 0.3) is 0 Å². The molecule has 2 saturated heterocycles. The number of carbonyl (C=O) groups excluding carboxylic acids is 1. The number of hydrogen-bond acceptors (Lipinski definition) is 3. The molecule has 1 aromatic carbocycles. The lowest BCUT2D eigenvalue weighted by Gasteiger charge is -2.44. The zero-order valence-corrected chi connectivity index (χ0v) is 13.2. The Kier molecular flexibility index (Phi) is 3.69. The molecule has 2 aliphatic rings. The molecule has 23 heavy (non-hydrogen) atoms. The second kappa shape index (κ2) is 5.85. The number of imidazole rings is 1. The highest BCUT2D eigenvalue weighted by atomic mass is 16.2. The van der Waals surface area contributed by atoms with Gasteiger partial charge in [-0.15, -0.1) is 0 Å². The summed E-state index contributed by atoms with van der Waals surface area (Å²) in [6.45, 7) is 3.81. The highest BCUT2D eigenvalue weighted by Gasteiger charge is 2.31. The number of benzene rings is 1. The first-order valence-electron chi connectivity index (χ1n) is 8.42. The van der Waals surface area contributed by atoms with Gasteiger partial charge in [0, 0.05) is 25.7 Å². The van der Waals surface area contributed by atoms with Gasteiger partial charge in [-0.2, -0.15) is 0 Å². The van der Waals surface area contributed by atoms with Gasteiger partial charge in [0.15, 0.2) is 0 Å². The molecule has 2 aromatic rings. The SMILES string of the molecule is O=C(Cn1c(=O)[nH]c2ccccc21)N1CCN2CCCC[C@H]2C1. The van der Waals surface area contributed by atoms with Gasteiger partial charge in [0.05, 0.1) is 11.0 Å². The summed E-state index contributed by atoms with van der Waals surface area (Å²) in [4.78, 5) is 32.0. The summed E-state index contributed by atoms with van der Waals surface area (Å²) in [6, 6.07) is 8.00. The zero-order chi connectivity index (χ0) is 15.8. The molecule has 0 saturated carbocycles. The second-order valence-electron chi connectivity index (χ2n) is 6.56. The van der Waals surface area contributed by atoms with Crippen LogP contribution in [0.5, 0.6) is 0 Å². The first-order valence-corrected chi connectivity index (χ1v) is 8.42. The number of amides is 1. The normalized spacial score (nSPS) is 22.3. The summed E-state index contributed by atoms with van der Waals surface area (Å²) in [7, 11) is 0. The van der Waals surface area contributed by atoms with E-state index in [1.165, 1.54) is 19.3 Å². The van der Waals surface area contributed by atoms with Gasteiger partial charge in [-0.1, -0.05) is 18.6 Å². The molecule has 122 valence electrons. The maximum Gasteiger partial charge on any atom is 0.326 e. The number of fused-ring (bicyclic) bond motifs is 2. The van der Waals surface area contributed by atoms with E-state index in [0.717, 1.165) is 37.2 Å². The monoisotopic (exact) mass is 314 g/mol. The number of aromatic amines is 1. The van der Waals surface area contributed by atoms with Crippen LogP contribution < -0.4 is 5.69 Å². The number of hydrogen-bond donors (Lipinski definition) is 1. The maximum atomic E-state index is 12.7. The molecular formula is C17H22N4O2. The summed E-state index contributed by atoms with van der Waals surface area (Å²) in [5.41, 5.74) is 1.36. The van der Waals surface area contributed by atoms with Crippen molar-refractivity contribution in [2.75, 3.05) is 26.2 Å². The van der Waals surface area contributed by atoms with Gasteiger partial charge < -0.3 is 9.88 Å². The van der Waals surface area contributed by atoms with Crippen LogP contribution in [0.4, 0.5) is 0 Å². The quantitative estimate of drug-likeness (QED) is 0.900. The van der Waals surface area contributed by atoms with Gasteiger partial charge >= 0.3 is 5.69 Å². The van der Waals surface area contributed by atoms with Crippen LogP contribution in [0.2, 0.25) is 0 Å². The van der Waals surface area contributed by atoms with Crippen molar-refractivity contribution in [1.82, 2.24) is 19.4 Å². The fourth-order valence-corrected chi connectivity index (χ4v) is 3.88. The summed E-state index contributed by atoms with van der Waals surface area (Å²) < 4.78 is 1.55. The Balaban J connectivity index is 1.51. The summed E-state index contributed by atoms with van der Waals surface area (Å²) in [5, 5.41) is 0. The average Bonchev–Trinajstić information content (AvgIpc) is 2.90. The van der Waals surface area contributed by atoms with Crippen molar-refractivity contribution in [3.8, 4) is 0 Å². The van der Waals surface area contributed by atoms with Gasteiger partial charge in [-0.25, -0.2) is 4.79 Å². The van der Waals surface area contributed by atoms with E-state index < -0.39 is 0 Å². The molecule has 0 aliphatic carbocycles. The number of H-pyrrole nitrogens is 1. The molecule has 1 atom stereocenters. The Bertz CT molecular complexity index is 778. The van der Waals surface area contributed by atoms with Crippen molar-refractivity contribution in [3.05, 3.63) is 34.7 Å². The molecule has 0 spiro atoms. The minimum atomic E-state index is -0.212. The van der Waals surface area contributed by atoms with Crippen molar-refractivity contribution in [2.24, 2.45) is 0 Å². The van der Waals surface area contributed by atoms with Crippen molar-refractivity contribution in [1.29, 1.82) is 0 Å². The molecule has 4 rings (SSSR count). The third-order valence-corrected chi connectivity index (χ3v) is 5.17. The zero-order valence-electron chi connectivity index (χ0n) is 13.2. The van der Waals surface area contributed by atoms with E-state index >= 15 is 0 Å². The predicted molar refractivity (Wildman–Crippen MR) is 88.4 cm³/mol. The molecule has 2 aliphatic heterocycles. The van der Waals surface area contributed by atoms with Crippen LogP contribution in [0.25, 0.3) is 11.0 Å². The van der Waals surface area contributed by atoms with Gasteiger partial charge in [-0.05, 0) is 31.5 Å². The Morgan fingerprint density at radius 1 is 1.17 bits per heavy atom. The second-order valence-corrected chi connectivity index (χ2v) is 6.56. The van der Waals surface area contributed by atoms with E-state index in [0.29, 0.717) is 6.04 Å². The Hall–Kier alpha value is -2.08. The molecule has 2 fully saturated rings.